The van der Waals surface area contributed by atoms with Crippen LogP contribution >= 0.6 is 0 Å². The Labute approximate surface area is 145 Å². The van der Waals surface area contributed by atoms with Crippen LogP contribution in [0.15, 0.2) is 30.5 Å². The van der Waals surface area contributed by atoms with Crippen LogP contribution in [-0.4, -0.2) is 49.0 Å². The molecule has 1 aromatic heterocycles. The molecule has 3 rings (SSSR count). The lowest BCUT2D eigenvalue weighted by atomic mass is 10.1. The van der Waals surface area contributed by atoms with E-state index in [2.05, 4.69) is 9.97 Å². The maximum atomic E-state index is 12.3. The summed E-state index contributed by atoms with van der Waals surface area (Å²) < 4.78 is 10.4. The van der Waals surface area contributed by atoms with Gasteiger partial charge in [-0.3, -0.25) is 14.5 Å². The van der Waals surface area contributed by atoms with Crippen LogP contribution in [0, 0.1) is 0 Å². The fraction of sp³-hybridized carbons (Fsp3) is 0.333. The molecule has 0 saturated heterocycles. The number of nitrogens with zero attached hydrogens (tertiary/aromatic N) is 3. The molecule has 130 valence electrons. The standard InChI is InChI=1S/C18H19N3O4/c1-24-8-9-25-18-19-11-15-10-16(23)21(17(15)20-18)7-6-13-2-4-14(12-22)5-3-13/h2-5,11-12H,6-10H2,1H3. The Morgan fingerprint density at radius 2 is 2.04 bits per heavy atom. The smallest absolute Gasteiger partial charge is 0.318 e. The predicted molar refractivity (Wildman–Crippen MR) is 91.0 cm³/mol. The first-order valence-corrected chi connectivity index (χ1v) is 8.03. The Bertz CT molecular complexity index is 761. The van der Waals surface area contributed by atoms with E-state index in [4.69, 9.17) is 9.47 Å². The van der Waals surface area contributed by atoms with Gasteiger partial charge in [0, 0.05) is 31.0 Å². The van der Waals surface area contributed by atoms with E-state index >= 15 is 0 Å². The first-order chi connectivity index (χ1) is 12.2. The van der Waals surface area contributed by atoms with Crippen molar-refractivity contribution >= 4 is 18.0 Å². The zero-order valence-corrected chi connectivity index (χ0v) is 14.0. The second-order valence-electron chi connectivity index (χ2n) is 5.67. The molecule has 25 heavy (non-hydrogen) atoms. The molecule has 0 N–H and O–H groups in total. The lowest BCUT2D eigenvalue weighted by Gasteiger charge is -2.16. The summed E-state index contributed by atoms with van der Waals surface area (Å²) in [6.45, 7) is 1.31. The number of benzene rings is 1. The maximum absolute atomic E-state index is 12.3. The molecule has 0 aliphatic carbocycles. The zero-order chi connectivity index (χ0) is 17.6. The van der Waals surface area contributed by atoms with Gasteiger partial charge in [0.2, 0.25) is 5.91 Å². The van der Waals surface area contributed by atoms with E-state index in [1.54, 1.807) is 30.3 Å². The van der Waals surface area contributed by atoms with Gasteiger partial charge in [0.1, 0.15) is 18.7 Å². The van der Waals surface area contributed by atoms with Crippen LogP contribution in [0.3, 0.4) is 0 Å². The second-order valence-corrected chi connectivity index (χ2v) is 5.67. The van der Waals surface area contributed by atoms with Gasteiger partial charge in [-0.05, 0) is 12.0 Å². The molecule has 0 atom stereocenters. The highest BCUT2D eigenvalue weighted by atomic mass is 16.5. The molecule has 0 unspecified atom stereocenters. The first-order valence-electron chi connectivity index (χ1n) is 8.03. The predicted octanol–water partition coefficient (Wildman–Crippen LogP) is 1.45. The number of carbonyl (C=O) groups is 2. The van der Waals surface area contributed by atoms with Crippen LogP contribution in [-0.2, 0) is 22.4 Å². The van der Waals surface area contributed by atoms with Gasteiger partial charge in [0.15, 0.2) is 0 Å². The van der Waals surface area contributed by atoms with E-state index in [0.717, 1.165) is 17.4 Å². The number of anilines is 1. The molecule has 7 nitrogen and oxygen atoms in total. The Balaban J connectivity index is 1.68. The minimum Gasteiger partial charge on any atom is -0.461 e. The van der Waals surface area contributed by atoms with Gasteiger partial charge in [-0.2, -0.15) is 4.98 Å². The third kappa shape index (κ3) is 4.00. The van der Waals surface area contributed by atoms with Crippen molar-refractivity contribution in [2.24, 2.45) is 0 Å². The normalized spacial score (nSPS) is 13.0. The third-order valence-electron chi connectivity index (χ3n) is 3.98. The Kier molecular flexibility index (Phi) is 5.35. The number of aromatic nitrogens is 2. The SMILES string of the molecule is COCCOc1ncc2c(n1)N(CCc1ccc(C=O)cc1)C(=O)C2. The number of hydrogen-bond acceptors (Lipinski definition) is 6. The van der Waals surface area contributed by atoms with Gasteiger partial charge in [-0.15, -0.1) is 0 Å². The lowest BCUT2D eigenvalue weighted by Crippen LogP contribution is -2.29. The Morgan fingerprint density at radius 3 is 2.76 bits per heavy atom. The number of carbonyl (C=O) groups excluding carboxylic acids is 2. The molecule has 1 aliphatic heterocycles. The molecule has 1 aliphatic rings. The summed E-state index contributed by atoms with van der Waals surface area (Å²) >= 11 is 0. The molecule has 1 aromatic carbocycles. The van der Waals surface area contributed by atoms with E-state index < -0.39 is 0 Å². The quantitative estimate of drug-likeness (QED) is 0.534. The summed E-state index contributed by atoms with van der Waals surface area (Å²) in [5, 5.41) is 0. The van der Waals surface area contributed by atoms with Crippen molar-refractivity contribution in [3.8, 4) is 6.01 Å². The Hall–Kier alpha value is -2.80. The van der Waals surface area contributed by atoms with Crippen LogP contribution in [0.1, 0.15) is 21.5 Å². The van der Waals surface area contributed by atoms with Gasteiger partial charge < -0.3 is 9.47 Å². The van der Waals surface area contributed by atoms with E-state index in [-0.39, 0.29) is 11.9 Å². The van der Waals surface area contributed by atoms with Crippen molar-refractivity contribution in [1.82, 2.24) is 9.97 Å². The zero-order valence-electron chi connectivity index (χ0n) is 14.0. The van der Waals surface area contributed by atoms with E-state index in [1.807, 2.05) is 12.1 Å². The van der Waals surface area contributed by atoms with Crippen LogP contribution in [0.4, 0.5) is 5.82 Å². The van der Waals surface area contributed by atoms with Crippen LogP contribution < -0.4 is 9.64 Å². The molecule has 7 heteroatoms. The van der Waals surface area contributed by atoms with E-state index in [9.17, 15) is 9.59 Å². The fourth-order valence-electron chi connectivity index (χ4n) is 2.64. The van der Waals surface area contributed by atoms with Gasteiger partial charge in [0.25, 0.3) is 0 Å². The van der Waals surface area contributed by atoms with Gasteiger partial charge in [-0.25, -0.2) is 4.98 Å². The van der Waals surface area contributed by atoms with Gasteiger partial charge in [0.05, 0.1) is 13.0 Å². The van der Waals surface area contributed by atoms with E-state index in [0.29, 0.717) is 44.0 Å². The molecule has 0 spiro atoms. The number of amides is 1. The number of aldehydes is 1. The molecule has 0 bridgehead atoms. The number of methoxy groups -OCH3 is 1. The van der Waals surface area contributed by atoms with Crippen LogP contribution in [0.25, 0.3) is 0 Å². The summed E-state index contributed by atoms with van der Waals surface area (Å²) in [6.07, 6.45) is 3.43. The minimum absolute atomic E-state index is 0.00264. The summed E-state index contributed by atoms with van der Waals surface area (Å²) in [5.74, 6) is 0.611. The molecule has 0 fully saturated rings. The number of hydrogen-bond donors (Lipinski definition) is 0. The average molecular weight is 341 g/mol. The highest BCUT2D eigenvalue weighted by Crippen LogP contribution is 2.27. The molecular weight excluding hydrogens is 322 g/mol. The van der Waals surface area contributed by atoms with E-state index in [1.165, 1.54) is 0 Å². The highest BCUT2D eigenvalue weighted by Gasteiger charge is 2.29. The Morgan fingerprint density at radius 1 is 1.24 bits per heavy atom. The largest absolute Gasteiger partial charge is 0.461 e. The molecule has 1 amide bonds. The minimum atomic E-state index is 0.00264. The highest BCUT2D eigenvalue weighted by molar-refractivity contribution is 6.00. The number of rotatable bonds is 8. The maximum Gasteiger partial charge on any atom is 0.318 e. The van der Waals surface area contributed by atoms with Crippen molar-refractivity contribution in [3.05, 3.63) is 47.2 Å². The first kappa shape index (κ1) is 17.0. The topological polar surface area (TPSA) is 81.6 Å². The molecule has 2 aromatic rings. The summed E-state index contributed by atoms with van der Waals surface area (Å²) in [5.41, 5.74) is 2.50. The molecule has 2 heterocycles. The van der Waals surface area contributed by atoms with Gasteiger partial charge in [-0.1, -0.05) is 24.3 Å². The van der Waals surface area contributed by atoms with Gasteiger partial charge >= 0.3 is 6.01 Å². The van der Waals surface area contributed by atoms with Crippen molar-refractivity contribution in [2.45, 2.75) is 12.8 Å². The molecular formula is C18H19N3O4. The number of ether oxygens (including phenoxy) is 2. The van der Waals surface area contributed by atoms with Crippen LogP contribution in [0.2, 0.25) is 0 Å². The fourth-order valence-corrected chi connectivity index (χ4v) is 2.64. The average Bonchev–Trinajstić information content (AvgIpc) is 2.95. The van der Waals surface area contributed by atoms with Crippen LogP contribution in [0.5, 0.6) is 6.01 Å². The number of fused-ring (bicyclic) bond motifs is 1. The lowest BCUT2D eigenvalue weighted by molar-refractivity contribution is -0.117. The molecule has 0 saturated carbocycles. The van der Waals surface area contributed by atoms with Crippen molar-refractivity contribution in [2.75, 3.05) is 31.8 Å². The van der Waals surface area contributed by atoms with Crippen molar-refractivity contribution < 1.29 is 19.1 Å². The summed E-state index contributed by atoms with van der Waals surface area (Å²) in [7, 11) is 1.59. The molecule has 0 radical (unpaired) electrons. The monoisotopic (exact) mass is 341 g/mol. The summed E-state index contributed by atoms with van der Waals surface area (Å²) in [4.78, 5) is 33.1. The van der Waals surface area contributed by atoms with Crippen molar-refractivity contribution in [1.29, 1.82) is 0 Å². The second kappa shape index (κ2) is 7.85. The van der Waals surface area contributed by atoms with Crippen molar-refractivity contribution in [3.63, 3.8) is 0 Å². The summed E-state index contributed by atoms with van der Waals surface area (Å²) in [6, 6.07) is 7.57. The third-order valence-corrected chi connectivity index (χ3v) is 3.98.